The molecular weight excluding hydrogens is 1500 g/mol. The van der Waals surface area contributed by atoms with Crippen molar-refractivity contribution in [2.24, 2.45) is 0 Å². The van der Waals surface area contributed by atoms with Crippen LogP contribution in [0, 0.1) is 0 Å². The van der Waals surface area contributed by atoms with Crippen LogP contribution in [0.15, 0.2) is 0 Å². The van der Waals surface area contributed by atoms with Gasteiger partial charge in [-0.3, -0.25) is 19.2 Å². The van der Waals surface area contributed by atoms with Gasteiger partial charge in [-0.25, -0.2) is 0 Å². The molecule has 0 heterocycles. The number of aliphatic hydroxyl groups is 6. The third-order valence-corrected chi connectivity index (χ3v) is 23.0. The highest BCUT2D eigenvalue weighted by molar-refractivity contribution is 5.69. The molecule has 0 aliphatic rings. The van der Waals surface area contributed by atoms with Crippen molar-refractivity contribution in [2.45, 2.75) is 560 Å². The van der Waals surface area contributed by atoms with Crippen LogP contribution in [0.3, 0.4) is 0 Å². The standard InChI is InChI=1S/C55H104O12.2C23H48O3/c1-5-7-9-26-38-52(50(58)36-24-17-13-11-15-19-28-40-54(60)66-46-34-21-30-42-62-48(3)56)64-44-32-23-33-45-65-53(39-27-10-8-6-2)51(59)37-25-18-14-12-16-20-29-41-55(61)67-47-35-22-31-43-63-49(4)57;2*1-3-5-7-9-10-11-12-14-18-22(25)23(19-15-8-6-4-2)26-21-17-13-16-20-24/h50-53,58-59H,5-47H2,1-4H3;2*22-25H,3-21H2,1-2H3. The van der Waals surface area contributed by atoms with E-state index in [0.717, 1.165) is 276 Å². The quantitative estimate of drug-likeness (QED) is 0.0188. The largest absolute Gasteiger partial charge is 0.466 e. The number of aliphatic hydroxyl groups excluding tert-OH is 6. The van der Waals surface area contributed by atoms with Crippen LogP contribution in [-0.4, -0.2) is 169 Å². The molecule has 6 N–H and O–H groups in total. The Morgan fingerprint density at radius 2 is 0.370 bits per heavy atom. The van der Waals surface area contributed by atoms with Crippen LogP contribution in [0.5, 0.6) is 0 Å². The molecule has 0 bridgehead atoms. The Balaban J connectivity index is -0.00000210. The average molecular weight is 1700 g/mol. The molecule has 0 aromatic rings. The first-order chi connectivity index (χ1) is 58.1. The van der Waals surface area contributed by atoms with Crippen molar-refractivity contribution >= 4 is 23.9 Å². The van der Waals surface area contributed by atoms with E-state index in [-0.39, 0.29) is 73.7 Å². The highest BCUT2D eigenvalue weighted by Crippen LogP contribution is 2.25. The highest BCUT2D eigenvalue weighted by atomic mass is 16.5. The lowest BCUT2D eigenvalue weighted by Crippen LogP contribution is -2.30. The highest BCUT2D eigenvalue weighted by Gasteiger charge is 2.24. The number of unbranched alkanes of at least 4 members (excludes halogenated alkanes) is 48. The van der Waals surface area contributed by atoms with Gasteiger partial charge in [0.05, 0.1) is 75.3 Å². The van der Waals surface area contributed by atoms with E-state index in [1.807, 2.05) is 0 Å². The van der Waals surface area contributed by atoms with Crippen LogP contribution >= 0.6 is 0 Å². The SMILES string of the molecule is CCCCCCC(OCCCCCOC(CCCCCC)C(O)CCCCCCCCCC(=O)OCCCCCOC(C)=O)C(O)CCCCCCCCCC(=O)OCCCCCOC(C)=O.CCCCCCCCCCC(O)C(CCCCCC)OCCCCCO.CCCCCCCCCCC(O)C(CCCCCC)OCCCCCO. The molecule has 18 nitrogen and oxygen atoms in total. The van der Waals surface area contributed by atoms with Gasteiger partial charge in [-0.05, 0) is 161 Å². The van der Waals surface area contributed by atoms with E-state index in [9.17, 15) is 39.6 Å². The summed E-state index contributed by atoms with van der Waals surface area (Å²) in [5, 5.41) is 61.1. The fraction of sp³-hybridized carbons (Fsp3) is 0.960. The lowest BCUT2D eigenvalue weighted by Gasteiger charge is -2.24. The van der Waals surface area contributed by atoms with Crippen molar-refractivity contribution in [3.05, 3.63) is 0 Å². The minimum atomic E-state index is -0.434. The van der Waals surface area contributed by atoms with Crippen molar-refractivity contribution in [3.8, 4) is 0 Å². The maximum Gasteiger partial charge on any atom is 0.305 e. The monoisotopic (exact) mass is 1700 g/mol. The number of rotatable bonds is 94. The lowest BCUT2D eigenvalue weighted by atomic mass is 9.99. The summed E-state index contributed by atoms with van der Waals surface area (Å²) in [7, 11) is 0. The van der Waals surface area contributed by atoms with Crippen LogP contribution in [0.2, 0.25) is 0 Å². The van der Waals surface area contributed by atoms with Gasteiger partial charge < -0.3 is 68.5 Å². The second kappa shape index (κ2) is 101. The summed E-state index contributed by atoms with van der Waals surface area (Å²) in [6, 6.07) is 0. The van der Waals surface area contributed by atoms with Crippen LogP contribution in [0.4, 0.5) is 0 Å². The van der Waals surface area contributed by atoms with Gasteiger partial charge in [0.1, 0.15) is 0 Å². The topological polar surface area (TPSA) is 263 Å². The van der Waals surface area contributed by atoms with Gasteiger partial charge in [0, 0.05) is 66.3 Å². The van der Waals surface area contributed by atoms with Gasteiger partial charge in [-0.2, -0.15) is 0 Å². The molecule has 0 aromatic carbocycles. The van der Waals surface area contributed by atoms with E-state index in [2.05, 4.69) is 41.5 Å². The molecule has 0 aliphatic carbocycles. The lowest BCUT2D eigenvalue weighted by molar-refractivity contribution is -0.145. The number of ether oxygens (including phenoxy) is 8. The molecule has 0 aromatic heterocycles. The van der Waals surface area contributed by atoms with E-state index in [1.54, 1.807) is 0 Å². The Bertz CT molecular complexity index is 1870. The Kier molecular flexibility index (Phi) is 102. The minimum absolute atomic E-state index is 0.00513. The van der Waals surface area contributed by atoms with E-state index >= 15 is 0 Å². The molecule has 8 atom stereocenters. The molecule has 712 valence electrons. The van der Waals surface area contributed by atoms with Crippen molar-refractivity contribution in [3.63, 3.8) is 0 Å². The third kappa shape index (κ3) is 94.4. The second-order valence-electron chi connectivity index (χ2n) is 34.7. The molecule has 0 aliphatic heterocycles. The fourth-order valence-corrected chi connectivity index (χ4v) is 15.2. The van der Waals surface area contributed by atoms with Gasteiger partial charge in [0.25, 0.3) is 0 Å². The molecule has 0 fully saturated rings. The molecule has 0 radical (unpaired) electrons. The fourth-order valence-electron chi connectivity index (χ4n) is 15.2. The molecule has 18 heteroatoms. The number of esters is 4. The zero-order valence-corrected chi connectivity index (χ0v) is 79.5. The average Bonchev–Trinajstić information content (AvgIpc) is 0.956. The summed E-state index contributed by atoms with van der Waals surface area (Å²) in [4.78, 5) is 45.5. The van der Waals surface area contributed by atoms with Gasteiger partial charge in [0.15, 0.2) is 0 Å². The van der Waals surface area contributed by atoms with Crippen molar-refractivity contribution < 1.29 is 87.7 Å². The van der Waals surface area contributed by atoms with E-state index in [1.165, 1.54) is 181 Å². The smallest absolute Gasteiger partial charge is 0.305 e. The summed E-state index contributed by atoms with van der Waals surface area (Å²) >= 11 is 0. The minimum Gasteiger partial charge on any atom is -0.466 e. The molecule has 119 heavy (non-hydrogen) atoms. The summed E-state index contributed by atoms with van der Waals surface area (Å²) < 4.78 is 45.2. The Hall–Kier alpha value is -2.52. The second-order valence-corrected chi connectivity index (χ2v) is 34.7. The van der Waals surface area contributed by atoms with Crippen molar-refractivity contribution in [2.75, 3.05) is 66.1 Å². The first-order valence-electron chi connectivity index (χ1n) is 51.1. The predicted molar refractivity (Wildman–Crippen MR) is 494 cm³/mol. The Morgan fingerprint density at radius 3 is 0.588 bits per heavy atom. The zero-order valence-electron chi connectivity index (χ0n) is 79.5. The van der Waals surface area contributed by atoms with Gasteiger partial charge in [0.2, 0.25) is 0 Å². The normalized spacial score (nSPS) is 13.5. The number of hydrogen-bond donors (Lipinski definition) is 6. The molecule has 0 saturated heterocycles. The molecule has 0 rings (SSSR count). The number of carbonyl (C=O) groups is 4. The van der Waals surface area contributed by atoms with Crippen LogP contribution in [-0.2, 0) is 57.1 Å². The van der Waals surface area contributed by atoms with Crippen molar-refractivity contribution in [1.82, 2.24) is 0 Å². The Labute approximate surface area is 734 Å². The summed E-state index contributed by atoms with van der Waals surface area (Å²) in [5.74, 6) is -0.772. The predicted octanol–water partition coefficient (Wildman–Crippen LogP) is 26.0. The maximum atomic E-state index is 12.0. The van der Waals surface area contributed by atoms with Gasteiger partial charge in [-0.1, -0.05) is 324 Å². The number of hydrogen-bond acceptors (Lipinski definition) is 18. The van der Waals surface area contributed by atoms with E-state index in [0.29, 0.717) is 65.7 Å². The number of carbonyl (C=O) groups excluding carboxylic acids is 4. The van der Waals surface area contributed by atoms with Gasteiger partial charge >= 0.3 is 23.9 Å². The first kappa shape index (κ1) is 121. The molecule has 8 unspecified atom stereocenters. The third-order valence-electron chi connectivity index (χ3n) is 23.0. The molecule has 0 saturated carbocycles. The Morgan fingerprint density at radius 1 is 0.202 bits per heavy atom. The van der Waals surface area contributed by atoms with E-state index in [4.69, 9.17) is 48.1 Å². The van der Waals surface area contributed by atoms with Crippen molar-refractivity contribution in [1.29, 1.82) is 0 Å². The van der Waals surface area contributed by atoms with Gasteiger partial charge in [-0.15, -0.1) is 0 Å². The van der Waals surface area contributed by atoms with Crippen LogP contribution in [0.1, 0.15) is 511 Å². The van der Waals surface area contributed by atoms with Crippen LogP contribution < -0.4 is 0 Å². The summed E-state index contributed by atoms with van der Waals surface area (Å²) in [6.45, 7) is 21.2. The van der Waals surface area contributed by atoms with Crippen LogP contribution in [0.25, 0.3) is 0 Å². The van der Waals surface area contributed by atoms with E-state index < -0.39 is 12.2 Å². The molecule has 0 amide bonds. The molecular formula is C101H200O18. The maximum absolute atomic E-state index is 12.0. The molecule has 0 spiro atoms. The zero-order chi connectivity index (χ0) is 87.9. The summed E-state index contributed by atoms with van der Waals surface area (Å²) in [6.07, 6.45) is 74.6. The first-order valence-corrected chi connectivity index (χ1v) is 51.1. The summed E-state index contributed by atoms with van der Waals surface area (Å²) in [5.41, 5.74) is 0.